The molecule has 0 aromatic heterocycles. The molecule has 0 spiro atoms. The average Bonchev–Trinajstić information content (AvgIpc) is 2.51. The summed E-state index contributed by atoms with van der Waals surface area (Å²) in [6, 6.07) is 14.5. The fourth-order valence-electron chi connectivity index (χ4n) is 2.57. The van der Waals surface area contributed by atoms with Crippen molar-refractivity contribution in [2.45, 2.75) is 17.1 Å². The van der Waals surface area contributed by atoms with Gasteiger partial charge in [0.2, 0.25) is 5.78 Å². The van der Waals surface area contributed by atoms with E-state index in [1.807, 2.05) is 43.3 Å². The molecule has 1 heterocycles. The van der Waals surface area contributed by atoms with Crippen LogP contribution in [0.2, 0.25) is 0 Å². The van der Waals surface area contributed by atoms with Crippen LogP contribution >= 0.6 is 0 Å². The van der Waals surface area contributed by atoms with Crippen molar-refractivity contribution >= 4 is 17.0 Å². The third-order valence-corrected chi connectivity index (χ3v) is 5.34. The molecular weight excluding hydrogens is 284 g/mol. The fraction of sp³-hybridized carbons (Fsp3) is 0.118. The number of hydrogen-bond donors (Lipinski definition) is 1. The number of fused-ring (bicyclic) bond motifs is 1. The Balaban J connectivity index is 2.19. The molecule has 2 atom stereocenters. The van der Waals surface area contributed by atoms with Crippen molar-refractivity contribution < 1.29 is 14.5 Å². The maximum atomic E-state index is 12.9. The Morgan fingerprint density at radius 3 is 2.57 bits per heavy atom. The fourth-order valence-corrected chi connectivity index (χ4v) is 4.20. The van der Waals surface area contributed by atoms with Crippen molar-refractivity contribution in [3.05, 3.63) is 77.1 Å². The molecule has 0 saturated heterocycles. The highest BCUT2D eigenvalue weighted by molar-refractivity contribution is 7.92. The number of aliphatic hydroxyl groups is 1. The number of Topliss-reactive ketones (excluding diaryl/α,β-unsaturated/α-hetero) is 1. The number of benzene rings is 2. The highest BCUT2D eigenvalue weighted by Gasteiger charge is 2.42. The van der Waals surface area contributed by atoms with E-state index in [0.29, 0.717) is 10.5 Å². The number of rotatable bonds is 1. The van der Waals surface area contributed by atoms with E-state index in [-0.39, 0.29) is 11.4 Å². The SMILES string of the molecule is Cc1ccc2c(c1)C(=O)C(=CO)C(c1ccccc1)[S+]2[O-]. The van der Waals surface area contributed by atoms with Crippen LogP contribution in [0, 0.1) is 6.92 Å². The van der Waals surface area contributed by atoms with E-state index in [0.717, 1.165) is 17.4 Å². The van der Waals surface area contributed by atoms with Gasteiger partial charge in [0.05, 0.1) is 17.4 Å². The Labute approximate surface area is 126 Å². The van der Waals surface area contributed by atoms with Crippen LogP contribution < -0.4 is 0 Å². The lowest BCUT2D eigenvalue weighted by Crippen LogP contribution is -2.28. The van der Waals surface area contributed by atoms with Crippen LogP contribution in [0.25, 0.3) is 0 Å². The molecule has 106 valence electrons. The minimum atomic E-state index is -1.41. The van der Waals surface area contributed by atoms with Crippen molar-refractivity contribution in [3.63, 3.8) is 0 Å². The molecule has 2 aromatic rings. The van der Waals surface area contributed by atoms with E-state index in [1.54, 1.807) is 12.1 Å². The van der Waals surface area contributed by atoms with Gasteiger partial charge in [0.25, 0.3) is 0 Å². The van der Waals surface area contributed by atoms with Gasteiger partial charge in [-0.1, -0.05) is 42.0 Å². The highest BCUT2D eigenvalue weighted by atomic mass is 32.2. The average molecular weight is 298 g/mol. The summed E-state index contributed by atoms with van der Waals surface area (Å²) < 4.78 is 12.9. The summed E-state index contributed by atoms with van der Waals surface area (Å²) in [5.74, 6) is -0.260. The van der Waals surface area contributed by atoms with Gasteiger partial charge in [-0.2, -0.15) is 0 Å². The standard InChI is InChI=1S/C17H14O3S/c1-11-7-8-15-13(9-11)16(19)14(10-18)17(21(15)20)12-5-3-2-4-6-12/h2-10,17-18H,1H3. The number of hydrogen-bond acceptors (Lipinski definition) is 3. The zero-order chi connectivity index (χ0) is 15.0. The molecule has 0 amide bonds. The van der Waals surface area contributed by atoms with Gasteiger partial charge in [0, 0.05) is 5.56 Å². The second-order valence-electron chi connectivity index (χ2n) is 5.00. The summed E-state index contributed by atoms with van der Waals surface area (Å²) in [5, 5.41) is 8.86. The lowest BCUT2D eigenvalue weighted by atomic mass is 9.96. The van der Waals surface area contributed by atoms with E-state index in [1.165, 1.54) is 0 Å². The largest absolute Gasteiger partial charge is 0.611 e. The quantitative estimate of drug-likeness (QED) is 0.498. The molecule has 2 unspecified atom stereocenters. The Bertz CT molecular complexity index is 722. The summed E-state index contributed by atoms with van der Waals surface area (Å²) in [6.45, 7) is 1.88. The molecule has 1 aliphatic rings. The Hall–Kier alpha value is -2.04. The van der Waals surface area contributed by atoms with Crippen molar-refractivity contribution in [2.24, 2.45) is 0 Å². The highest BCUT2D eigenvalue weighted by Crippen LogP contribution is 2.42. The van der Waals surface area contributed by atoms with Gasteiger partial charge in [-0.15, -0.1) is 0 Å². The van der Waals surface area contributed by atoms with E-state index >= 15 is 0 Å². The molecule has 2 aromatic carbocycles. The summed E-state index contributed by atoms with van der Waals surface area (Å²) in [7, 11) is 0. The number of aryl methyl sites for hydroxylation is 1. The van der Waals surface area contributed by atoms with Crippen LogP contribution in [0.3, 0.4) is 0 Å². The summed E-state index contributed by atoms with van der Waals surface area (Å²) in [4.78, 5) is 13.1. The van der Waals surface area contributed by atoms with Crippen molar-refractivity contribution in [1.82, 2.24) is 0 Å². The lowest BCUT2D eigenvalue weighted by molar-refractivity contribution is 0.102. The predicted octanol–water partition coefficient (Wildman–Crippen LogP) is 3.48. The van der Waals surface area contributed by atoms with Crippen molar-refractivity contribution in [1.29, 1.82) is 0 Å². The first-order valence-electron chi connectivity index (χ1n) is 6.58. The summed E-state index contributed by atoms with van der Waals surface area (Å²) in [6.07, 6.45) is 0.795. The van der Waals surface area contributed by atoms with Gasteiger partial charge in [0.15, 0.2) is 10.1 Å². The number of carbonyl (C=O) groups excluding carboxylic acids is 1. The predicted molar refractivity (Wildman–Crippen MR) is 81.8 cm³/mol. The first kappa shape index (κ1) is 13.9. The van der Waals surface area contributed by atoms with Gasteiger partial charge >= 0.3 is 0 Å². The molecule has 4 heteroatoms. The Morgan fingerprint density at radius 1 is 1.19 bits per heavy atom. The van der Waals surface area contributed by atoms with E-state index < -0.39 is 16.4 Å². The second-order valence-corrected chi connectivity index (χ2v) is 6.51. The van der Waals surface area contributed by atoms with E-state index in [2.05, 4.69) is 0 Å². The topological polar surface area (TPSA) is 60.4 Å². The van der Waals surface area contributed by atoms with Gasteiger partial charge in [0.1, 0.15) is 0 Å². The number of aliphatic hydroxyl groups excluding tert-OH is 1. The van der Waals surface area contributed by atoms with Gasteiger partial charge < -0.3 is 9.66 Å². The smallest absolute Gasteiger partial charge is 0.202 e. The summed E-state index contributed by atoms with van der Waals surface area (Å²) >= 11 is -1.41. The zero-order valence-electron chi connectivity index (χ0n) is 11.4. The molecule has 21 heavy (non-hydrogen) atoms. The van der Waals surface area contributed by atoms with E-state index in [9.17, 15) is 14.5 Å². The third kappa shape index (κ3) is 2.26. The maximum absolute atomic E-state index is 12.9. The van der Waals surface area contributed by atoms with Crippen LogP contribution in [-0.2, 0) is 11.2 Å². The maximum Gasteiger partial charge on any atom is 0.202 e. The lowest BCUT2D eigenvalue weighted by Gasteiger charge is -2.28. The Kier molecular flexibility index (Phi) is 3.57. The van der Waals surface area contributed by atoms with E-state index in [4.69, 9.17) is 0 Å². The zero-order valence-corrected chi connectivity index (χ0v) is 12.3. The first-order valence-corrected chi connectivity index (χ1v) is 7.80. The monoisotopic (exact) mass is 298 g/mol. The van der Waals surface area contributed by atoms with Gasteiger partial charge in [-0.3, -0.25) is 4.79 Å². The molecule has 0 saturated carbocycles. The molecule has 3 nitrogen and oxygen atoms in total. The molecule has 1 aliphatic heterocycles. The minimum absolute atomic E-state index is 0.178. The first-order chi connectivity index (χ1) is 10.1. The second kappa shape index (κ2) is 5.39. The molecular formula is C17H14O3S. The normalized spacial score (nSPS) is 23.1. The Morgan fingerprint density at radius 2 is 1.90 bits per heavy atom. The number of ketones is 1. The molecule has 0 fully saturated rings. The van der Waals surface area contributed by atoms with Crippen LogP contribution in [0.15, 0.2) is 65.3 Å². The molecule has 1 N–H and O–H groups in total. The molecule has 3 rings (SSSR count). The van der Waals surface area contributed by atoms with Gasteiger partial charge in [-0.05, 0) is 30.2 Å². The van der Waals surface area contributed by atoms with Crippen molar-refractivity contribution in [2.75, 3.05) is 0 Å². The third-order valence-electron chi connectivity index (χ3n) is 3.60. The van der Waals surface area contributed by atoms with Crippen LogP contribution in [0.4, 0.5) is 0 Å². The van der Waals surface area contributed by atoms with Crippen molar-refractivity contribution in [3.8, 4) is 0 Å². The molecule has 0 aliphatic carbocycles. The summed E-state index contributed by atoms with van der Waals surface area (Å²) in [5.41, 5.74) is 2.28. The number of carbonyl (C=O) groups is 1. The van der Waals surface area contributed by atoms with Gasteiger partial charge in [-0.25, -0.2) is 0 Å². The minimum Gasteiger partial charge on any atom is -0.611 e. The molecule has 0 radical (unpaired) electrons. The van der Waals surface area contributed by atoms with Crippen LogP contribution in [0.5, 0.6) is 0 Å². The van der Waals surface area contributed by atoms with Crippen LogP contribution in [-0.4, -0.2) is 15.4 Å². The van der Waals surface area contributed by atoms with Crippen LogP contribution in [0.1, 0.15) is 26.7 Å². The molecule has 0 bridgehead atoms.